The van der Waals surface area contributed by atoms with Gasteiger partial charge in [-0.25, -0.2) is 9.59 Å². The second kappa shape index (κ2) is 4.74. The third-order valence-electron chi connectivity index (χ3n) is 2.22. The van der Waals surface area contributed by atoms with Crippen molar-refractivity contribution in [2.45, 2.75) is 6.92 Å². The minimum atomic E-state index is -0.663. The lowest BCUT2D eigenvalue weighted by molar-refractivity contribution is 0.0512. The molecule has 1 aromatic carbocycles. The van der Waals surface area contributed by atoms with Gasteiger partial charge >= 0.3 is 11.7 Å². The van der Waals surface area contributed by atoms with Crippen molar-refractivity contribution >= 4 is 11.7 Å². The highest BCUT2D eigenvalue weighted by atomic mass is 16.5. The van der Waals surface area contributed by atoms with Gasteiger partial charge in [-0.15, -0.1) is 5.10 Å². The topological polar surface area (TPSA) is 103 Å². The number of nitrogens with two attached hydrogens (primary N) is 1. The number of nitrogens with one attached hydrogen (secondary N) is 1. The molecule has 0 aliphatic heterocycles. The zero-order valence-electron chi connectivity index (χ0n) is 9.71. The fourth-order valence-corrected chi connectivity index (χ4v) is 1.41. The number of aromatic nitrogens is 3. The Kier molecular flexibility index (Phi) is 3.13. The molecule has 2 rings (SSSR count). The van der Waals surface area contributed by atoms with Crippen LogP contribution < -0.4 is 11.4 Å². The number of rotatable bonds is 3. The molecule has 0 fully saturated rings. The standard InChI is InChI=1S/C11H12N4O3/c1-2-18-10(16)9-13-11(17)15(14-9)8-5-3-7(12)4-6-8/h3-6H,2,12H2,1H3,(H,13,14,17). The van der Waals surface area contributed by atoms with E-state index in [1.165, 1.54) is 0 Å². The first kappa shape index (κ1) is 11.9. The molecule has 0 amide bonds. The van der Waals surface area contributed by atoms with Crippen LogP contribution in [-0.2, 0) is 4.74 Å². The summed E-state index contributed by atoms with van der Waals surface area (Å²) in [6, 6.07) is 6.54. The van der Waals surface area contributed by atoms with Gasteiger partial charge in [0.25, 0.3) is 0 Å². The Morgan fingerprint density at radius 2 is 2.11 bits per heavy atom. The summed E-state index contributed by atoms with van der Waals surface area (Å²) < 4.78 is 5.82. The molecule has 0 atom stereocenters. The Balaban J connectivity index is 2.38. The number of ether oxygens (including phenoxy) is 1. The number of esters is 1. The van der Waals surface area contributed by atoms with Crippen molar-refractivity contribution in [3.63, 3.8) is 0 Å². The third-order valence-corrected chi connectivity index (χ3v) is 2.22. The van der Waals surface area contributed by atoms with Gasteiger partial charge in [0, 0.05) is 5.69 Å². The van der Waals surface area contributed by atoms with E-state index in [-0.39, 0.29) is 12.4 Å². The Morgan fingerprint density at radius 3 is 2.72 bits per heavy atom. The fourth-order valence-electron chi connectivity index (χ4n) is 1.41. The zero-order chi connectivity index (χ0) is 13.1. The van der Waals surface area contributed by atoms with Gasteiger partial charge in [0.1, 0.15) is 0 Å². The van der Waals surface area contributed by atoms with Gasteiger partial charge in [-0.2, -0.15) is 4.68 Å². The van der Waals surface area contributed by atoms with Gasteiger partial charge in [0.15, 0.2) is 0 Å². The summed E-state index contributed by atoms with van der Waals surface area (Å²) in [5.41, 5.74) is 6.13. The van der Waals surface area contributed by atoms with Gasteiger partial charge in [-0.1, -0.05) is 0 Å². The summed E-state index contributed by atoms with van der Waals surface area (Å²) in [6.07, 6.45) is 0. The number of carbonyl (C=O) groups excluding carboxylic acids is 1. The van der Waals surface area contributed by atoms with Gasteiger partial charge in [0.2, 0.25) is 5.82 Å². The van der Waals surface area contributed by atoms with Crippen LogP contribution in [0.3, 0.4) is 0 Å². The Hall–Kier alpha value is -2.57. The van der Waals surface area contributed by atoms with Crippen molar-refractivity contribution < 1.29 is 9.53 Å². The van der Waals surface area contributed by atoms with Crippen LogP contribution in [0.1, 0.15) is 17.5 Å². The van der Waals surface area contributed by atoms with Gasteiger partial charge in [-0.05, 0) is 31.2 Å². The number of anilines is 1. The van der Waals surface area contributed by atoms with Crippen LogP contribution in [0.5, 0.6) is 0 Å². The van der Waals surface area contributed by atoms with E-state index in [1.54, 1.807) is 31.2 Å². The molecular weight excluding hydrogens is 236 g/mol. The number of H-pyrrole nitrogens is 1. The van der Waals surface area contributed by atoms with Gasteiger partial charge < -0.3 is 10.5 Å². The smallest absolute Gasteiger partial charge is 0.376 e. The molecule has 0 saturated heterocycles. The minimum absolute atomic E-state index is 0.126. The Morgan fingerprint density at radius 1 is 1.44 bits per heavy atom. The summed E-state index contributed by atoms with van der Waals surface area (Å²) >= 11 is 0. The van der Waals surface area contributed by atoms with E-state index in [0.717, 1.165) is 4.68 Å². The molecule has 18 heavy (non-hydrogen) atoms. The van der Waals surface area contributed by atoms with Gasteiger partial charge in [0.05, 0.1) is 12.3 Å². The molecular formula is C11H12N4O3. The quantitative estimate of drug-likeness (QED) is 0.601. The highest BCUT2D eigenvalue weighted by molar-refractivity contribution is 5.84. The maximum absolute atomic E-state index is 11.6. The molecule has 2 aromatic rings. The van der Waals surface area contributed by atoms with Crippen LogP contribution in [0, 0.1) is 0 Å². The lowest BCUT2D eigenvalue weighted by Crippen LogP contribution is -2.15. The first-order chi connectivity index (χ1) is 8.61. The molecule has 1 aromatic heterocycles. The van der Waals surface area contributed by atoms with E-state index in [1.807, 2.05) is 0 Å². The van der Waals surface area contributed by atoms with Crippen LogP contribution in [0.4, 0.5) is 5.69 Å². The highest BCUT2D eigenvalue weighted by Crippen LogP contribution is 2.07. The van der Waals surface area contributed by atoms with E-state index in [9.17, 15) is 9.59 Å². The molecule has 94 valence electrons. The number of hydrogen-bond donors (Lipinski definition) is 2. The number of nitrogens with zero attached hydrogens (tertiary/aromatic N) is 2. The number of benzene rings is 1. The third kappa shape index (κ3) is 2.24. The predicted molar refractivity (Wildman–Crippen MR) is 64.6 cm³/mol. The molecule has 1 heterocycles. The van der Waals surface area contributed by atoms with Crippen LogP contribution in [0.25, 0.3) is 5.69 Å². The van der Waals surface area contributed by atoms with Crippen molar-refractivity contribution in [3.05, 3.63) is 40.6 Å². The molecule has 0 unspecified atom stereocenters. The Labute approximate surface area is 102 Å². The first-order valence-corrected chi connectivity index (χ1v) is 5.34. The second-order valence-electron chi connectivity index (χ2n) is 3.50. The van der Waals surface area contributed by atoms with E-state index in [4.69, 9.17) is 10.5 Å². The Bertz CT molecular complexity index is 612. The SMILES string of the molecule is CCOC(=O)c1nn(-c2ccc(N)cc2)c(=O)[nH]1. The molecule has 0 saturated carbocycles. The number of nitrogen functional groups attached to an aromatic ring is 1. The lowest BCUT2D eigenvalue weighted by Gasteiger charge is -1.99. The molecule has 3 N–H and O–H groups in total. The van der Waals surface area contributed by atoms with Crippen molar-refractivity contribution in [2.75, 3.05) is 12.3 Å². The maximum Gasteiger partial charge on any atom is 0.376 e. The summed E-state index contributed by atoms with van der Waals surface area (Å²) in [5.74, 6) is -0.789. The van der Waals surface area contributed by atoms with Gasteiger partial charge in [-0.3, -0.25) is 4.98 Å². The molecule has 0 aliphatic carbocycles. The van der Waals surface area contributed by atoms with Crippen molar-refractivity contribution in [2.24, 2.45) is 0 Å². The zero-order valence-corrected chi connectivity index (χ0v) is 9.71. The predicted octanol–water partition coefficient (Wildman–Crippen LogP) is 0.320. The van der Waals surface area contributed by atoms with Crippen LogP contribution >= 0.6 is 0 Å². The number of aromatic amines is 1. The molecule has 7 heteroatoms. The number of carbonyl (C=O) groups is 1. The first-order valence-electron chi connectivity index (χ1n) is 5.34. The fraction of sp³-hybridized carbons (Fsp3) is 0.182. The van der Waals surface area contributed by atoms with Crippen molar-refractivity contribution in [1.82, 2.24) is 14.8 Å². The maximum atomic E-state index is 11.6. The molecule has 0 spiro atoms. The molecule has 0 radical (unpaired) electrons. The van der Waals surface area contributed by atoms with Crippen molar-refractivity contribution in [3.8, 4) is 5.69 Å². The average molecular weight is 248 g/mol. The van der Waals surface area contributed by atoms with Crippen molar-refractivity contribution in [1.29, 1.82) is 0 Å². The van der Waals surface area contributed by atoms with E-state index in [2.05, 4.69) is 10.1 Å². The summed E-state index contributed by atoms with van der Waals surface area (Å²) in [5, 5.41) is 3.86. The largest absolute Gasteiger partial charge is 0.460 e. The molecule has 0 aliphatic rings. The van der Waals surface area contributed by atoms with E-state index >= 15 is 0 Å². The monoisotopic (exact) mass is 248 g/mol. The van der Waals surface area contributed by atoms with Crippen LogP contribution in [0.15, 0.2) is 29.1 Å². The normalized spacial score (nSPS) is 10.3. The minimum Gasteiger partial charge on any atom is -0.460 e. The summed E-state index contributed by atoms with van der Waals surface area (Å²) in [6.45, 7) is 1.89. The van der Waals surface area contributed by atoms with Crippen LogP contribution in [0.2, 0.25) is 0 Å². The molecule has 7 nitrogen and oxygen atoms in total. The summed E-state index contributed by atoms with van der Waals surface area (Å²) in [4.78, 5) is 25.4. The lowest BCUT2D eigenvalue weighted by atomic mass is 10.3. The van der Waals surface area contributed by atoms with Crippen LogP contribution in [-0.4, -0.2) is 27.3 Å². The van der Waals surface area contributed by atoms with E-state index < -0.39 is 11.7 Å². The van der Waals surface area contributed by atoms with E-state index in [0.29, 0.717) is 11.4 Å². The summed E-state index contributed by atoms with van der Waals surface area (Å²) in [7, 11) is 0. The second-order valence-corrected chi connectivity index (χ2v) is 3.50. The molecule has 0 bridgehead atoms. The number of hydrogen-bond acceptors (Lipinski definition) is 5. The average Bonchev–Trinajstić information content (AvgIpc) is 2.73. The highest BCUT2D eigenvalue weighted by Gasteiger charge is 2.14.